The Labute approximate surface area is 131 Å². The molecule has 0 bridgehead atoms. The van der Waals surface area contributed by atoms with Crippen LogP contribution in [0.3, 0.4) is 0 Å². The summed E-state index contributed by atoms with van der Waals surface area (Å²) < 4.78 is 0. The maximum absolute atomic E-state index is 6.03. The largest absolute Gasteiger partial charge is 0.360 e. The molecule has 4 nitrogen and oxygen atoms in total. The van der Waals surface area contributed by atoms with Gasteiger partial charge in [0.1, 0.15) is 5.82 Å². The first-order chi connectivity index (χ1) is 10.1. The van der Waals surface area contributed by atoms with Gasteiger partial charge in [0.15, 0.2) is 0 Å². The minimum atomic E-state index is 0.584. The standard InChI is InChI=1S/C16H21ClN4/c1-4-5-10-21(3)15-8-9-18-16(20-15)19-14-11-13(17)7-6-12(14)2/h6-9,11H,4-5,10H2,1-3H3,(H,18,19,20). The van der Waals surface area contributed by atoms with Gasteiger partial charge in [-0.1, -0.05) is 31.0 Å². The second-order valence-corrected chi connectivity index (χ2v) is 5.53. The summed E-state index contributed by atoms with van der Waals surface area (Å²) in [7, 11) is 2.05. The van der Waals surface area contributed by atoms with E-state index in [1.165, 1.54) is 6.42 Å². The molecule has 1 aromatic carbocycles. The highest BCUT2D eigenvalue weighted by Gasteiger charge is 2.06. The molecule has 0 atom stereocenters. The molecule has 0 aliphatic rings. The number of aromatic nitrogens is 2. The van der Waals surface area contributed by atoms with Crippen molar-refractivity contribution in [3.8, 4) is 0 Å². The van der Waals surface area contributed by atoms with Gasteiger partial charge in [0, 0.05) is 30.5 Å². The SMILES string of the molecule is CCCCN(C)c1ccnc(Nc2cc(Cl)ccc2C)n1. The van der Waals surface area contributed by atoms with Gasteiger partial charge in [-0.05, 0) is 37.1 Å². The quantitative estimate of drug-likeness (QED) is 0.858. The van der Waals surface area contributed by atoms with Crippen LogP contribution in [-0.2, 0) is 0 Å². The zero-order valence-electron chi connectivity index (χ0n) is 12.7. The second kappa shape index (κ2) is 7.27. The van der Waals surface area contributed by atoms with Crippen molar-refractivity contribution in [1.29, 1.82) is 0 Å². The third-order valence-corrected chi connectivity index (χ3v) is 3.56. The molecule has 0 unspecified atom stereocenters. The minimum Gasteiger partial charge on any atom is -0.360 e. The summed E-state index contributed by atoms with van der Waals surface area (Å²) in [5, 5.41) is 3.92. The molecule has 0 spiro atoms. The second-order valence-electron chi connectivity index (χ2n) is 5.10. The van der Waals surface area contributed by atoms with Crippen molar-refractivity contribution in [3.63, 3.8) is 0 Å². The Morgan fingerprint density at radius 1 is 1.29 bits per heavy atom. The molecule has 0 saturated heterocycles. The Kier molecular flexibility index (Phi) is 5.39. The van der Waals surface area contributed by atoms with E-state index in [1.54, 1.807) is 6.20 Å². The number of rotatable bonds is 6. The van der Waals surface area contributed by atoms with E-state index in [9.17, 15) is 0 Å². The van der Waals surface area contributed by atoms with Crippen molar-refractivity contribution in [1.82, 2.24) is 9.97 Å². The number of anilines is 3. The zero-order valence-corrected chi connectivity index (χ0v) is 13.5. The van der Waals surface area contributed by atoms with E-state index >= 15 is 0 Å². The molecule has 2 rings (SSSR count). The molecule has 1 aromatic heterocycles. The minimum absolute atomic E-state index is 0.584. The molecule has 0 amide bonds. The van der Waals surface area contributed by atoms with Crippen LogP contribution in [0, 0.1) is 6.92 Å². The van der Waals surface area contributed by atoms with E-state index in [2.05, 4.69) is 27.1 Å². The van der Waals surface area contributed by atoms with E-state index in [1.807, 2.05) is 38.2 Å². The average Bonchev–Trinajstić information content (AvgIpc) is 2.49. The highest BCUT2D eigenvalue weighted by Crippen LogP contribution is 2.23. The molecule has 0 aliphatic heterocycles. The summed E-state index contributed by atoms with van der Waals surface area (Å²) >= 11 is 6.03. The number of nitrogens with one attached hydrogen (secondary N) is 1. The first kappa shape index (κ1) is 15.6. The fourth-order valence-corrected chi connectivity index (χ4v) is 2.15. The molecule has 1 heterocycles. The van der Waals surface area contributed by atoms with Gasteiger partial charge in [0.25, 0.3) is 0 Å². The average molecular weight is 305 g/mol. The van der Waals surface area contributed by atoms with Crippen LogP contribution in [-0.4, -0.2) is 23.6 Å². The van der Waals surface area contributed by atoms with Crippen LogP contribution in [0.15, 0.2) is 30.5 Å². The summed E-state index contributed by atoms with van der Waals surface area (Å²) in [4.78, 5) is 11.0. The fourth-order valence-electron chi connectivity index (χ4n) is 1.98. The third-order valence-electron chi connectivity index (χ3n) is 3.33. The number of hydrogen-bond donors (Lipinski definition) is 1. The maximum atomic E-state index is 6.03. The van der Waals surface area contributed by atoms with Crippen LogP contribution in [0.25, 0.3) is 0 Å². The summed E-state index contributed by atoms with van der Waals surface area (Å²) in [5.41, 5.74) is 2.03. The summed E-state index contributed by atoms with van der Waals surface area (Å²) in [5.74, 6) is 1.50. The highest BCUT2D eigenvalue weighted by atomic mass is 35.5. The number of nitrogens with zero attached hydrogens (tertiary/aromatic N) is 3. The molecule has 1 N–H and O–H groups in total. The molecular weight excluding hydrogens is 284 g/mol. The van der Waals surface area contributed by atoms with Crippen LogP contribution in [0.5, 0.6) is 0 Å². The lowest BCUT2D eigenvalue weighted by molar-refractivity contribution is 0.759. The predicted molar refractivity (Wildman–Crippen MR) is 89.7 cm³/mol. The first-order valence-corrected chi connectivity index (χ1v) is 7.55. The van der Waals surface area contributed by atoms with Gasteiger partial charge >= 0.3 is 0 Å². The van der Waals surface area contributed by atoms with Crippen LogP contribution in [0.4, 0.5) is 17.5 Å². The molecular formula is C16H21ClN4. The van der Waals surface area contributed by atoms with E-state index in [0.29, 0.717) is 11.0 Å². The summed E-state index contributed by atoms with van der Waals surface area (Å²) in [6, 6.07) is 7.65. The third kappa shape index (κ3) is 4.33. The number of aryl methyl sites for hydroxylation is 1. The lowest BCUT2D eigenvalue weighted by atomic mass is 10.2. The Bertz CT molecular complexity index is 601. The Morgan fingerprint density at radius 2 is 2.10 bits per heavy atom. The smallest absolute Gasteiger partial charge is 0.229 e. The van der Waals surface area contributed by atoms with Gasteiger partial charge < -0.3 is 10.2 Å². The molecule has 112 valence electrons. The van der Waals surface area contributed by atoms with Crippen LogP contribution in [0.2, 0.25) is 5.02 Å². The van der Waals surface area contributed by atoms with E-state index in [0.717, 1.165) is 30.0 Å². The molecule has 0 radical (unpaired) electrons. The van der Waals surface area contributed by atoms with Gasteiger partial charge in [-0.25, -0.2) is 4.98 Å². The van der Waals surface area contributed by atoms with Crippen LogP contribution >= 0.6 is 11.6 Å². The number of benzene rings is 1. The molecule has 2 aromatic rings. The van der Waals surface area contributed by atoms with E-state index in [4.69, 9.17) is 11.6 Å². The molecule has 0 saturated carbocycles. The normalized spacial score (nSPS) is 10.5. The Morgan fingerprint density at radius 3 is 2.86 bits per heavy atom. The van der Waals surface area contributed by atoms with Gasteiger partial charge in [-0.15, -0.1) is 0 Å². The summed E-state index contributed by atoms with van der Waals surface area (Å²) in [6.07, 6.45) is 4.09. The number of halogens is 1. The predicted octanol–water partition coefficient (Wildman–Crippen LogP) is 4.42. The van der Waals surface area contributed by atoms with Crippen molar-refractivity contribution in [2.45, 2.75) is 26.7 Å². The Hall–Kier alpha value is -1.81. The van der Waals surface area contributed by atoms with Crippen molar-refractivity contribution >= 4 is 29.1 Å². The summed E-state index contributed by atoms with van der Waals surface area (Å²) in [6.45, 7) is 5.20. The van der Waals surface area contributed by atoms with Gasteiger partial charge in [0.2, 0.25) is 5.95 Å². The van der Waals surface area contributed by atoms with E-state index in [-0.39, 0.29) is 0 Å². The van der Waals surface area contributed by atoms with Gasteiger partial charge in [-0.2, -0.15) is 4.98 Å². The molecule has 5 heteroatoms. The molecule has 0 aliphatic carbocycles. The zero-order chi connectivity index (χ0) is 15.2. The van der Waals surface area contributed by atoms with Gasteiger partial charge in [-0.3, -0.25) is 0 Å². The number of hydrogen-bond acceptors (Lipinski definition) is 4. The lowest BCUT2D eigenvalue weighted by Gasteiger charge is -2.18. The maximum Gasteiger partial charge on any atom is 0.229 e. The van der Waals surface area contributed by atoms with Crippen molar-refractivity contribution in [2.24, 2.45) is 0 Å². The van der Waals surface area contributed by atoms with Crippen molar-refractivity contribution in [3.05, 3.63) is 41.0 Å². The van der Waals surface area contributed by atoms with Crippen LogP contribution < -0.4 is 10.2 Å². The van der Waals surface area contributed by atoms with Crippen LogP contribution in [0.1, 0.15) is 25.3 Å². The van der Waals surface area contributed by atoms with Gasteiger partial charge in [0.05, 0.1) is 0 Å². The molecule has 0 fully saturated rings. The molecule has 21 heavy (non-hydrogen) atoms. The topological polar surface area (TPSA) is 41.1 Å². The Balaban J connectivity index is 2.15. The fraction of sp³-hybridized carbons (Fsp3) is 0.375. The highest BCUT2D eigenvalue weighted by molar-refractivity contribution is 6.30. The monoisotopic (exact) mass is 304 g/mol. The van der Waals surface area contributed by atoms with Crippen molar-refractivity contribution in [2.75, 3.05) is 23.8 Å². The lowest BCUT2D eigenvalue weighted by Crippen LogP contribution is -2.20. The number of unbranched alkanes of at least 4 members (excludes halogenated alkanes) is 1. The first-order valence-electron chi connectivity index (χ1n) is 7.17. The van der Waals surface area contributed by atoms with E-state index < -0.39 is 0 Å². The van der Waals surface area contributed by atoms with Crippen molar-refractivity contribution < 1.29 is 0 Å².